The molecule has 0 spiro atoms. The average molecular weight is 489 g/mol. The van der Waals surface area contributed by atoms with Crippen LogP contribution in [0.25, 0.3) is 23.0 Å². The van der Waals surface area contributed by atoms with Gasteiger partial charge in [-0.25, -0.2) is 4.68 Å². The number of hydrogen-bond acceptors (Lipinski definition) is 6. The number of aromatic nitrogens is 2. The molecule has 35 heavy (non-hydrogen) atoms. The monoisotopic (exact) mass is 488 g/mol. The molecule has 0 atom stereocenters. The van der Waals surface area contributed by atoms with Gasteiger partial charge in [0, 0.05) is 30.4 Å². The molecule has 0 aliphatic carbocycles. The number of rotatable bonds is 6. The Kier molecular flexibility index (Phi) is 7.01. The molecule has 5 rings (SSSR count). The first-order valence-corrected chi connectivity index (χ1v) is 12.7. The first-order valence-electron chi connectivity index (χ1n) is 11.9. The Balaban J connectivity index is 1.50. The summed E-state index contributed by atoms with van der Waals surface area (Å²) in [6.45, 7) is 7.61. The van der Waals surface area contributed by atoms with E-state index >= 15 is 0 Å². The van der Waals surface area contributed by atoms with Crippen LogP contribution in [0.1, 0.15) is 24.5 Å². The molecule has 0 bridgehead atoms. The van der Waals surface area contributed by atoms with Crippen molar-refractivity contribution in [1.82, 2.24) is 14.7 Å². The molecule has 1 saturated heterocycles. The van der Waals surface area contributed by atoms with Gasteiger partial charge in [0.1, 0.15) is 11.4 Å². The molecule has 1 aromatic heterocycles. The highest BCUT2D eigenvalue weighted by atomic mass is 32.2. The number of nitrogens with zero attached hydrogens (tertiary/aromatic N) is 4. The number of aliphatic imine (C=N–C) groups is 1. The molecule has 0 saturated carbocycles. The normalized spacial score (nSPS) is 17.2. The lowest BCUT2D eigenvalue weighted by atomic mass is 10.0. The van der Waals surface area contributed by atoms with Gasteiger partial charge in [0.05, 0.1) is 30.4 Å². The number of para-hydroxylation sites is 1. The largest absolute Gasteiger partial charge is 0.493 e. The predicted molar refractivity (Wildman–Crippen MR) is 140 cm³/mol. The lowest BCUT2D eigenvalue weighted by molar-refractivity contribution is -0.113. The molecular formula is C27H28N4O3S. The van der Waals surface area contributed by atoms with Crippen molar-refractivity contribution in [3.63, 3.8) is 0 Å². The molecule has 1 amide bonds. The van der Waals surface area contributed by atoms with E-state index < -0.39 is 0 Å². The number of morpholine rings is 1. The van der Waals surface area contributed by atoms with Gasteiger partial charge >= 0.3 is 0 Å². The summed E-state index contributed by atoms with van der Waals surface area (Å²) in [6.07, 6.45) is 4.83. The second-order valence-electron chi connectivity index (χ2n) is 8.45. The van der Waals surface area contributed by atoms with E-state index in [1.165, 1.54) is 11.8 Å². The maximum atomic E-state index is 12.8. The summed E-state index contributed by atoms with van der Waals surface area (Å²) in [5.74, 6) is 0.664. The highest BCUT2D eigenvalue weighted by Gasteiger charge is 2.28. The first-order chi connectivity index (χ1) is 17.1. The van der Waals surface area contributed by atoms with Gasteiger partial charge in [-0.3, -0.25) is 4.79 Å². The highest BCUT2D eigenvalue weighted by Crippen LogP contribution is 2.34. The molecule has 7 nitrogen and oxygen atoms in total. The number of thioether (sulfide) groups is 1. The number of ether oxygens (including phenoxy) is 2. The Hall–Kier alpha value is -3.36. The smallest absolute Gasteiger partial charge is 0.286 e. The van der Waals surface area contributed by atoms with Crippen molar-refractivity contribution < 1.29 is 14.3 Å². The minimum absolute atomic E-state index is 0.214. The second-order valence-corrected chi connectivity index (χ2v) is 9.46. The van der Waals surface area contributed by atoms with Crippen LogP contribution in [0, 0.1) is 6.92 Å². The van der Waals surface area contributed by atoms with Crippen molar-refractivity contribution in [3.8, 4) is 22.7 Å². The van der Waals surface area contributed by atoms with Crippen LogP contribution in [-0.4, -0.2) is 58.7 Å². The molecule has 3 heterocycles. The van der Waals surface area contributed by atoms with Gasteiger partial charge in [0.15, 0.2) is 5.17 Å². The van der Waals surface area contributed by atoms with Gasteiger partial charge in [-0.05, 0) is 67.1 Å². The molecular weight excluding hydrogens is 460 g/mol. The van der Waals surface area contributed by atoms with Gasteiger partial charge in [0.2, 0.25) is 0 Å². The van der Waals surface area contributed by atoms with Crippen LogP contribution in [0.15, 0.2) is 64.6 Å². The number of amides is 1. The predicted octanol–water partition coefficient (Wildman–Crippen LogP) is 4.94. The van der Waals surface area contributed by atoms with Crippen LogP contribution < -0.4 is 4.74 Å². The summed E-state index contributed by atoms with van der Waals surface area (Å²) in [5, 5.41) is 5.65. The van der Waals surface area contributed by atoms with Crippen LogP contribution in [0.5, 0.6) is 5.75 Å². The van der Waals surface area contributed by atoms with Gasteiger partial charge in [-0.15, -0.1) is 0 Å². The number of carbonyl (C=O) groups is 1. The SMILES string of the molecule is CCCOc1ccc(-c2nn(-c3ccccc3)cc2C=C2SC(N3CCOCC3)=NC2=O)cc1C. The van der Waals surface area contributed by atoms with E-state index in [1.54, 1.807) is 0 Å². The van der Waals surface area contributed by atoms with E-state index in [0.29, 0.717) is 24.7 Å². The number of amidine groups is 1. The summed E-state index contributed by atoms with van der Waals surface area (Å²) in [4.78, 5) is 19.8. The van der Waals surface area contributed by atoms with Gasteiger partial charge < -0.3 is 14.4 Å². The zero-order chi connectivity index (χ0) is 24.2. The molecule has 1 fully saturated rings. The lowest BCUT2D eigenvalue weighted by Crippen LogP contribution is -2.38. The lowest BCUT2D eigenvalue weighted by Gasteiger charge is -2.27. The number of hydrogen-bond donors (Lipinski definition) is 0. The molecule has 2 aromatic carbocycles. The molecule has 0 unspecified atom stereocenters. The summed E-state index contributed by atoms with van der Waals surface area (Å²) in [6, 6.07) is 16.1. The third kappa shape index (κ3) is 5.18. The van der Waals surface area contributed by atoms with Crippen LogP contribution in [0.4, 0.5) is 0 Å². The van der Waals surface area contributed by atoms with E-state index in [4.69, 9.17) is 14.6 Å². The number of aryl methyl sites for hydroxylation is 1. The Morgan fingerprint density at radius 3 is 2.69 bits per heavy atom. The average Bonchev–Trinajstić information content (AvgIpc) is 3.48. The Morgan fingerprint density at radius 1 is 1.14 bits per heavy atom. The van der Waals surface area contributed by atoms with Crippen molar-refractivity contribution in [2.45, 2.75) is 20.3 Å². The van der Waals surface area contributed by atoms with E-state index in [0.717, 1.165) is 58.5 Å². The molecule has 2 aliphatic heterocycles. The second kappa shape index (κ2) is 10.5. The Morgan fingerprint density at radius 2 is 1.94 bits per heavy atom. The molecule has 3 aromatic rings. The molecule has 0 N–H and O–H groups in total. The van der Waals surface area contributed by atoms with Gasteiger partial charge in [-0.2, -0.15) is 10.1 Å². The van der Waals surface area contributed by atoms with Gasteiger partial charge in [0.25, 0.3) is 5.91 Å². The topological polar surface area (TPSA) is 68.9 Å². The van der Waals surface area contributed by atoms with Crippen molar-refractivity contribution in [1.29, 1.82) is 0 Å². The fourth-order valence-corrected chi connectivity index (χ4v) is 4.99. The summed E-state index contributed by atoms with van der Waals surface area (Å²) in [5.41, 5.74) is 4.64. The zero-order valence-electron chi connectivity index (χ0n) is 19.9. The minimum Gasteiger partial charge on any atom is -0.493 e. The van der Waals surface area contributed by atoms with Crippen molar-refractivity contribution in [2.75, 3.05) is 32.9 Å². The molecule has 2 aliphatic rings. The molecule has 8 heteroatoms. The van der Waals surface area contributed by atoms with Gasteiger partial charge in [-0.1, -0.05) is 25.1 Å². The maximum absolute atomic E-state index is 12.8. The van der Waals surface area contributed by atoms with E-state index in [2.05, 4.69) is 22.9 Å². The van der Waals surface area contributed by atoms with Crippen LogP contribution >= 0.6 is 11.8 Å². The van der Waals surface area contributed by atoms with E-state index in [9.17, 15) is 4.79 Å². The van der Waals surface area contributed by atoms with Crippen LogP contribution in [-0.2, 0) is 9.53 Å². The zero-order valence-corrected chi connectivity index (χ0v) is 20.8. The molecule has 0 radical (unpaired) electrons. The van der Waals surface area contributed by atoms with Crippen LogP contribution in [0.3, 0.4) is 0 Å². The van der Waals surface area contributed by atoms with Crippen molar-refractivity contribution in [2.24, 2.45) is 4.99 Å². The number of benzene rings is 2. The molecule has 180 valence electrons. The maximum Gasteiger partial charge on any atom is 0.286 e. The van der Waals surface area contributed by atoms with Crippen molar-refractivity contribution in [3.05, 3.63) is 70.8 Å². The highest BCUT2D eigenvalue weighted by molar-refractivity contribution is 8.18. The first kappa shape index (κ1) is 23.4. The summed E-state index contributed by atoms with van der Waals surface area (Å²) in [7, 11) is 0. The standard InChI is InChI=1S/C27H28N4O3S/c1-3-13-34-23-10-9-20(16-19(23)2)25-21(18-31(29-25)22-7-5-4-6-8-22)17-24-26(32)28-27(35-24)30-11-14-33-15-12-30/h4-10,16-18H,3,11-15H2,1-2H3. The number of carbonyl (C=O) groups excluding carboxylic acids is 1. The fourth-order valence-electron chi connectivity index (χ4n) is 4.03. The Labute approximate surface area is 209 Å². The van der Waals surface area contributed by atoms with E-state index in [-0.39, 0.29) is 5.91 Å². The van der Waals surface area contributed by atoms with E-state index in [1.807, 2.05) is 66.3 Å². The van der Waals surface area contributed by atoms with Crippen molar-refractivity contribution >= 4 is 28.9 Å². The quantitative estimate of drug-likeness (QED) is 0.458. The van der Waals surface area contributed by atoms with Crippen LogP contribution in [0.2, 0.25) is 0 Å². The Bertz CT molecular complexity index is 1280. The minimum atomic E-state index is -0.214. The summed E-state index contributed by atoms with van der Waals surface area (Å²) < 4.78 is 13.1. The fraction of sp³-hybridized carbons (Fsp3) is 0.296. The third-order valence-corrected chi connectivity index (χ3v) is 6.90. The third-order valence-electron chi connectivity index (χ3n) is 5.85. The summed E-state index contributed by atoms with van der Waals surface area (Å²) >= 11 is 1.42.